The van der Waals surface area contributed by atoms with Crippen molar-refractivity contribution in [3.63, 3.8) is 0 Å². The third-order valence-corrected chi connectivity index (χ3v) is 2.56. The van der Waals surface area contributed by atoms with E-state index in [1.807, 2.05) is 0 Å². The summed E-state index contributed by atoms with van der Waals surface area (Å²) < 4.78 is 4.55. The van der Waals surface area contributed by atoms with Gasteiger partial charge < -0.3 is 15.2 Å². The summed E-state index contributed by atoms with van der Waals surface area (Å²) in [5, 5.41) is 11.9. The molecule has 1 aromatic carbocycles. The van der Waals surface area contributed by atoms with E-state index in [-0.39, 0.29) is 30.1 Å². The molecule has 84 valence electrons. The average molecular weight is 221 g/mol. The third-order valence-electron chi connectivity index (χ3n) is 2.56. The van der Waals surface area contributed by atoms with Crippen molar-refractivity contribution in [3.8, 4) is 5.75 Å². The van der Waals surface area contributed by atoms with Crippen LogP contribution in [0.2, 0.25) is 0 Å². The number of hydrogen-bond donors (Lipinski definition) is 2. The average Bonchev–Trinajstić information content (AvgIpc) is 2.55. The molecule has 1 heterocycles. The predicted octanol–water partition coefficient (Wildman–Crippen LogP) is 0.740. The quantitative estimate of drug-likeness (QED) is 0.722. The molecular formula is C11H11NO4. The van der Waals surface area contributed by atoms with Crippen molar-refractivity contribution in [2.24, 2.45) is 0 Å². The van der Waals surface area contributed by atoms with Gasteiger partial charge in [0.05, 0.1) is 19.6 Å². The molecule has 0 saturated carbocycles. The van der Waals surface area contributed by atoms with Crippen LogP contribution in [0.15, 0.2) is 18.2 Å². The standard InChI is InChI=1S/C11H11NO4/c1-16-10(14)5-9-7-3-2-6(13)4-8(7)11(15)12-9/h2-4,9,13H,5H2,1H3,(H,12,15). The summed E-state index contributed by atoms with van der Waals surface area (Å²) in [4.78, 5) is 22.7. The lowest BCUT2D eigenvalue weighted by atomic mass is 10.0. The van der Waals surface area contributed by atoms with Gasteiger partial charge in [0, 0.05) is 5.56 Å². The van der Waals surface area contributed by atoms with Crippen LogP contribution < -0.4 is 5.32 Å². The molecule has 0 saturated heterocycles. The van der Waals surface area contributed by atoms with Gasteiger partial charge in [-0.2, -0.15) is 0 Å². The van der Waals surface area contributed by atoms with Crippen LogP contribution in [0.4, 0.5) is 0 Å². The van der Waals surface area contributed by atoms with Gasteiger partial charge in [0.1, 0.15) is 5.75 Å². The normalized spacial score (nSPS) is 17.8. The minimum absolute atomic E-state index is 0.0348. The molecule has 1 unspecified atom stereocenters. The first-order valence-corrected chi connectivity index (χ1v) is 4.82. The first kappa shape index (κ1) is 10.5. The summed E-state index contributed by atoms with van der Waals surface area (Å²) in [6.07, 6.45) is 0.0972. The lowest BCUT2D eigenvalue weighted by Crippen LogP contribution is -2.21. The highest BCUT2D eigenvalue weighted by atomic mass is 16.5. The Morgan fingerprint density at radius 3 is 3.00 bits per heavy atom. The Morgan fingerprint density at radius 2 is 2.31 bits per heavy atom. The molecule has 0 radical (unpaired) electrons. The Kier molecular flexibility index (Phi) is 2.52. The number of phenols is 1. The van der Waals surface area contributed by atoms with Crippen LogP contribution >= 0.6 is 0 Å². The van der Waals surface area contributed by atoms with E-state index in [1.54, 1.807) is 6.07 Å². The van der Waals surface area contributed by atoms with E-state index in [9.17, 15) is 14.7 Å². The second-order valence-electron chi connectivity index (χ2n) is 3.58. The molecule has 1 aliphatic heterocycles. The summed E-state index contributed by atoms with van der Waals surface area (Å²) in [6.45, 7) is 0. The maximum absolute atomic E-state index is 11.5. The summed E-state index contributed by atoms with van der Waals surface area (Å²) in [6, 6.07) is 4.15. The number of carbonyl (C=O) groups excluding carboxylic acids is 2. The molecule has 0 spiro atoms. The fourth-order valence-electron chi connectivity index (χ4n) is 1.77. The molecule has 1 atom stereocenters. The number of rotatable bonds is 2. The van der Waals surface area contributed by atoms with Crippen LogP contribution in [0.1, 0.15) is 28.4 Å². The fourth-order valence-corrected chi connectivity index (χ4v) is 1.77. The molecule has 1 aliphatic rings. The maximum Gasteiger partial charge on any atom is 0.307 e. The number of esters is 1. The molecule has 5 heteroatoms. The number of amides is 1. The lowest BCUT2D eigenvalue weighted by Gasteiger charge is -2.09. The monoisotopic (exact) mass is 221 g/mol. The van der Waals surface area contributed by atoms with Gasteiger partial charge in [-0.15, -0.1) is 0 Å². The molecule has 1 amide bonds. The predicted molar refractivity (Wildman–Crippen MR) is 54.9 cm³/mol. The Labute approximate surface area is 92.0 Å². The van der Waals surface area contributed by atoms with E-state index in [0.717, 1.165) is 0 Å². The number of fused-ring (bicyclic) bond motifs is 1. The molecule has 1 aromatic rings. The number of aromatic hydroxyl groups is 1. The Balaban J connectivity index is 2.29. The van der Waals surface area contributed by atoms with Crippen LogP contribution in [-0.2, 0) is 9.53 Å². The van der Waals surface area contributed by atoms with Crippen molar-refractivity contribution in [1.82, 2.24) is 5.32 Å². The summed E-state index contributed by atoms with van der Waals surface area (Å²) in [5.74, 6) is -0.626. The number of phenolic OH excluding ortho intramolecular Hbond substituents is 1. The van der Waals surface area contributed by atoms with Gasteiger partial charge in [0.2, 0.25) is 0 Å². The molecule has 0 bridgehead atoms. The fraction of sp³-hybridized carbons (Fsp3) is 0.273. The van der Waals surface area contributed by atoms with Crippen molar-refractivity contribution in [2.45, 2.75) is 12.5 Å². The molecular weight excluding hydrogens is 210 g/mol. The van der Waals surface area contributed by atoms with E-state index >= 15 is 0 Å². The SMILES string of the molecule is COC(=O)CC1NC(=O)c2cc(O)ccc21. The van der Waals surface area contributed by atoms with Gasteiger partial charge in [-0.3, -0.25) is 9.59 Å². The van der Waals surface area contributed by atoms with Crippen molar-refractivity contribution >= 4 is 11.9 Å². The lowest BCUT2D eigenvalue weighted by molar-refractivity contribution is -0.141. The number of benzene rings is 1. The number of methoxy groups -OCH3 is 1. The first-order chi connectivity index (χ1) is 7.61. The zero-order chi connectivity index (χ0) is 11.7. The zero-order valence-corrected chi connectivity index (χ0v) is 8.69. The maximum atomic E-state index is 11.5. The van der Waals surface area contributed by atoms with Crippen LogP contribution in [0.5, 0.6) is 5.75 Å². The molecule has 0 aliphatic carbocycles. The Morgan fingerprint density at radius 1 is 1.56 bits per heavy atom. The molecule has 0 fully saturated rings. The highest BCUT2D eigenvalue weighted by Crippen LogP contribution is 2.30. The number of hydrogen-bond acceptors (Lipinski definition) is 4. The highest BCUT2D eigenvalue weighted by Gasteiger charge is 2.30. The molecule has 2 N–H and O–H groups in total. The molecule has 0 aromatic heterocycles. The van der Waals surface area contributed by atoms with Crippen LogP contribution in [-0.4, -0.2) is 24.1 Å². The van der Waals surface area contributed by atoms with Crippen molar-refractivity contribution in [2.75, 3.05) is 7.11 Å². The molecule has 5 nitrogen and oxygen atoms in total. The van der Waals surface area contributed by atoms with Gasteiger partial charge in [-0.1, -0.05) is 6.07 Å². The summed E-state index contributed by atoms with van der Waals surface area (Å²) in [7, 11) is 1.30. The Bertz CT molecular complexity index is 455. The largest absolute Gasteiger partial charge is 0.508 e. The van der Waals surface area contributed by atoms with E-state index in [4.69, 9.17) is 0 Å². The molecule has 2 rings (SSSR count). The van der Waals surface area contributed by atoms with Crippen molar-refractivity contribution in [3.05, 3.63) is 29.3 Å². The van der Waals surface area contributed by atoms with E-state index in [1.165, 1.54) is 19.2 Å². The van der Waals surface area contributed by atoms with Gasteiger partial charge in [-0.25, -0.2) is 0 Å². The summed E-state index contributed by atoms with van der Waals surface area (Å²) in [5.41, 5.74) is 1.13. The number of nitrogens with one attached hydrogen (secondary N) is 1. The highest BCUT2D eigenvalue weighted by molar-refractivity contribution is 6.00. The number of carbonyl (C=O) groups is 2. The van der Waals surface area contributed by atoms with Crippen molar-refractivity contribution in [1.29, 1.82) is 0 Å². The smallest absolute Gasteiger partial charge is 0.307 e. The van der Waals surface area contributed by atoms with Crippen LogP contribution in [0, 0.1) is 0 Å². The minimum Gasteiger partial charge on any atom is -0.508 e. The number of ether oxygens (including phenoxy) is 1. The van der Waals surface area contributed by atoms with Crippen molar-refractivity contribution < 1.29 is 19.4 Å². The molecule has 16 heavy (non-hydrogen) atoms. The van der Waals surface area contributed by atoms with E-state index in [2.05, 4.69) is 10.1 Å². The summed E-state index contributed by atoms with van der Waals surface area (Å²) >= 11 is 0. The van der Waals surface area contributed by atoms with Gasteiger partial charge in [0.25, 0.3) is 5.91 Å². The topological polar surface area (TPSA) is 75.6 Å². The second-order valence-corrected chi connectivity index (χ2v) is 3.58. The van der Waals surface area contributed by atoms with Crippen LogP contribution in [0.25, 0.3) is 0 Å². The minimum atomic E-state index is -0.383. The third kappa shape index (κ3) is 1.71. The van der Waals surface area contributed by atoms with Gasteiger partial charge in [0.15, 0.2) is 0 Å². The first-order valence-electron chi connectivity index (χ1n) is 4.82. The second kappa shape index (κ2) is 3.84. The Hall–Kier alpha value is -2.04. The van der Waals surface area contributed by atoms with Gasteiger partial charge >= 0.3 is 5.97 Å². The van der Waals surface area contributed by atoms with E-state index in [0.29, 0.717) is 11.1 Å². The van der Waals surface area contributed by atoms with Crippen LogP contribution in [0.3, 0.4) is 0 Å². The zero-order valence-electron chi connectivity index (χ0n) is 8.69. The van der Waals surface area contributed by atoms with E-state index < -0.39 is 0 Å². The van der Waals surface area contributed by atoms with Gasteiger partial charge in [-0.05, 0) is 17.7 Å².